The van der Waals surface area contributed by atoms with E-state index in [0.29, 0.717) is 28.7 Å². The third kappa shape index (κ3) is 5.33. The first-order chi connectivity index (χ1) is 17.5. The fourth-order valence-corrected chi connectivity index (χ4v) is 5.37. The summed E-state index contributed by atoms with van der Waals surface area (Å²) in [6.45, 7) is 4.11. The fourth-order valence-electron chi connectivity index (χ4n) is 4.62. The Balaban J connectivity index is 1.29. The average molecular weight is 591 g/mol. The molecule has 3 N–H and O–H groups in total. The number of hydrogen-bond donors (Lipinski definition) is 3. The molecule has 7 nitrogen and oxygen atoms in total. The van der Waals surface area contributed by atoms with Gasteiger partial charge >= 0.3 is 0 Å². The number of carbonyl (C=O) groups is 2. The first-order valence-corrected chi connectivity index (χ1v) is 13.0. The maximum Gasteiger partial charge on any atom is 0.256 e. The fraction of sp³-hybridized carbons (Fsp3) is 0.214. The molecule has 36 heavy (non-hydrogen) atoms. The van der Waals surface area contributed by atoms with Crippen LogP contribution in [0, 0.1) is 5.92 Å². The van der Waals surface area contributed by atoms with Crippen LogP contribution in [0.1, 0.15) is 46.4 Å². The molecular weight excluding hydrogens is 565 g/mol. The van der Waals surface area contributed by atoms with Crippen LogP contribution in [0.25, 0.3) is 22.4 Å². The zero-order valence-electron chi connectivity index (χ0n) is 19.6. The van der Waals surface area contributed by atoms with Gasteiger partial charge in [-0.1, -0.05) is 37.6 Å². The lowest BCUT2D eigenvalue weighted by atomic mass is 9.84. The Morgan fingerprint density at radius 3 is 2.50 bits per heavy atom. The van der Waals surface area contributed by atoms with E-state index >= 15 is 0 Å². The van der Waals surface area contributed by atoms with E-state index < -0.39 is 0 Å². The van der Waals surface area contributed by atoms with Crippen LogP contribution >= 0.6 is 22.6 Å². The molecule has 2 amide bonds. The second kappa shape index (κ2) is 10.6. The largest absolute Gasteiger partial charge is 0.349 e. The molecule has 1 fully saturated rings. The summed E-state index contributed by atoms with van der Waals surface area (Å²) in [5, 5.41) is 6.00. The van der Waals surface area contributed by atoms with E-state index in [2.05, 4.69) is 54.8 Å². The van der Waals surface area contributed by atoms with Crippen molar-refractivity contribution in [2.45, 2.75) is 31.7 Å². The molecule has 1 saturated carbocycles. The van der Waals surface area contributed by atoms with Gasteiger partial charge in [0.1, 0.15) is 11.6 Å². The van der Waals surface area contributed by atoms with Crippen molar-refractivity contribution in [3.05, 3.63) is 88.1 Å². The molecule has 2 aromatic heterocycles. The molecule has 4 aromatic rings. The smallest absolute Gasteiger partial charge is 0.256 e. The van der Waals surface area contributed by atoms with E-state index in [9.17, 15) is 9.59 Å². The molecule has 8 heteroatoms. The summed E-state index contributed by atoms with van der Waals surface area (Å²) in [4.78, 5) is 37.6. The van der Waals surface area contributed by atoms with Crippen LogP contribution in [0.4, 0.5) is 5.82 Å². The van der Waals surface area contributed by atoms with Crippen molar-refractivity contribution in [3.8, 4) is 11.4 Å². The number of halogens is 1. The normalized spacial score (nSPS) is 17.5. The number of fused-ring (bicyclic) bond motifs is 1. The number of aromatic amines is 1. The summed E-state index contributed by atoms with van der Waals surface area (Å²) >= 11 is 2.28. The van der Waals surface area contributed by atoms with Crippen molar-refractivity contribution in [3.63, 3.8) is 0 Å². The highest BCUT2D eigenvalue weighted by Crippen LogP contribution is 2.32. The Labute approximate surface area is 223 Å². The minimum atomic E-state index is -0.242. The van der Waals surface area contributed by atoms with Gasteiger partial charge < -0.3 is 15.6 Å². The molecule has 0 saturated heterocycles. The molecule has 2 aromatic carbocycles. The highest BCUT2D eigenvalue weighted by Gasteiger charge is 2.28. The number of aromatic nitrogens is 3. The Morgan fingerprint density at radius 1 is 0.972 bits per heavy atom. The number of carbonyl (C=O) groups excluding carboxylic acids is 2. The van der Waals surface area contributed by atoms with Crippen molar-refractivity contribution in [1.29, 1.82) is 0 Å². The molecular formula is C28H26IN5O2. The van der Waals surface area contributed by atoms with E-state index in [1.807, 2.05) is 36.4 Å². The Kier molecular flexibility index (Phi) is 7.13. The third-order valence-corrected chi connectivity index (χ3v) is 7.36. The van der Waals surface area contributed by atoms with Gasteiger partial charge in [0.05, 0.1) is 11.0 Å². The van der Waals surface area contributed by atoms with Crippen molar-refractivity contribution in [2.24, 2.45) is 5.92 Å². The van der Waals surface area contributed by atoms with Gasteiger partial charge in [-0.15, -0.1) is 0 Å². The summed E-state index contributed by atoms with van der Waals surface area (Å²) < 4.78 is 1.11. The van der Waals surface area contributed by atoms with Gasteiger partial charge in [0, 0.05) is 34.8 Å². The summed E-state index contributed by atoms with van der Waals surface area (Å²) in [6, 6.07) is 18.2. The molecule has 0 radical (unpaired) electrons. The number of anilines is 1. The van der Waals surface area contributed by atoms with E-state index in [1.165, 1.54) is 6.42 Å². The number of H-pyrrole nitrogens is 1. The lowest BCUT2D eigenvalue weighted by Gasteiger charge is -2.32. The number of benzene rings is 2. The molecule has 0 bridgehead atoms. The Bertz CT molecular complexity index is 1420. The van der Waals surface area contributed by atoms with Gasteiger partial charge in [0.2, 0.25) is 0 Å². The zero-order chi connectivity index (χ0) is 25.1. The highest BCUT2D eigenvalue weighted by molar-refractivity contribution is 14.1. The molecule has 1 aliphatic rings. The van der Waals surface area contributed by atoms with Crippen LogP contribution in [-0.2, 0) is 0 Å². The van der Waals surface area contributed by atoms with E-state index in [-0.39, 0.29) is 17.9 Å². The molecule has 1 aliphatic carbocycles. The molecule has 5 rings (SSSR count). The average Bonchev–Trinajstić information content (AvgIpc) is 3.33. The first-order valence-electron chi connectivity index (χ1n) is 12.0. The lowest BCUT2D eigenvalue weighted by molar-refractivity contribution is 0.0915. The minimum Gasteiger partial charge on any atom is -0.349 e. The highest BCUT2D eigenvalue weighted by atomic mass is 127. The number of pyridine rings is 1. The zero-order valence-corrected chi connectivity index (χ0v) is 21.8. The van der Waals surface area contributed by atoms with Crippen molar-refractivity contribution < 1.29 is 9.59 Å². The van der Waals surface area contributed by atoms with Gasteiger partial charge in [-0.2, -0.15) is 0 Å². The number of nitrogens with one attached hydrogen (secondary N) is 3. The maximum atomic E-state index is 12.9. The van der Waals surface area contributed by atoms with Crippen LogP contribution < -0.4 is 10.6 Å². The Morgan fingerprint density at radius 2 is 1.75 bits per heavy atom. The standard InChI is InChI=1S/C28H26IN5O2/c1-17(29)21-6-2-3-7-22(21)33-27(35)19-11-9-18(10-12-19)26-31-23-14-13-20(16-24(23)32-26)28(36)34-25-8-4-5-15-30-25/h4-5,8-16,21-22H,1-3,6-7H2,(H,31,32)(H,33,35)(H,30,34,36). The predicted octanol–water partition coefficient (Wildman–Crippen LogP) is 6.11. The van der Waals surface area contributed by atoms with Crippen molar-refractivity contribution >= 4 is 51.3 Å². The molecule has 0 aliphatic heterocycles. The second-order valence-corrected chi connectivity index (χ2v) is 10.4. The summed E-state index contributed by atoms with van der Waals surface area (Å²) in [6.07, 6.45) is 6.00. The Hall–Kier alpha value is -3.53. The minimum absolute atomic E-state index is 0.0655. The van der Waals surface area contributed by atoms with Gasteiger partial charge in [0.15, 0.2) is 0 Å². The third-order valence-electron chi connectivity index (χ3n) is 6.56. The lowest BCUT2D eigenvalue weighted by Crippen LogP contribution is -2.42. The SMILES string of the molecule is C=C(I)C1CCCCC1NC(=O)c1ccc(-c2nc3ccc(C(=O)Nc4ccccn4)cc3[nH]2)cc1. The van der Waals surface area contributed by atoms with Gasteiger partial charge in [-0.05, 0) is 81.5 Å². The summed E-state index contributed by atoms with van der Waals surface area (Å²) in [5.74, 6) is 1.19. The topological polar surface area (TPSA) is 99.8 Å². The second-order valence-electron chi connectivity index (χ2n) is 8.98. The molecule has 2 unspecified atom stereocenters. The van der Waals surface area contributed by atoms with Crippen LogP contribution in [0.2, 0.25) is 0 Å². The quantitative estimate of drug-likeness (QED) is 0.236. The van der Waals surface area contributed by atoms with E-state index in [4.69, 9.17) is 0 Å². The number of amides is 2. The van der Waals surface area contributed by atoms with Gasteiger partial charge in [0.25, 0.3) is 11.8 Å². The monoisotopic (exact) mass is 591 g/mol. The number of hydrogen-bond acceptors (Lipinski definition) is 4. The number of nitrogens with zero attached hydrogens (tertiary/aromatic N) is 2. The molecule has 2 heterocycles. The van der Waals surface area contributed by atoms with E-state index in [0.717, 1.165) is 39.4 Å². The molecule has 2 atom stereocenters. The first kappa shape index (κ1) is 24.2. The maximum absolute atomic E-state index is 12.9. The van der Waals surface area contributed by atoms with Gasteiger partial charge in [-0.25, -0.2) is 9.97 Å². The van der Waals surface area contributed by atoms with Crippen LogP contribution in [0.3, 0.4) is 0 Å². The summed E-state index contributed by atoms with van der Waals surface area (Å²) in [5.41, 5.74) is 3.49. The van der Waals surface area contributed by atoms with E-state index in [1.54, 1.807) is 30.5 Å². The van der Waals surface area contributed by atoms with Crippen LogP contribution in [0.15, 0.2) is 77.0 Å². The molecule has 182 valence electrons. The number of imidazole rings is 1. The van der Waals surface area contributed by atoms with Crippen molar-refractivity contribution in [2.75, 3.05) is 5.32 Å². The van der Waals surface area contributed by atoms with Gasteiger partial charge in [-0.3, -0.25) is 9.59 Å². The summed E-state index contributed by atoms with van der Waals surface area (Å²) in [7, 11) is 0. The predicted molar refractivity (Wildman–Crippen MR) is 150 cm³/mol. The number of rotatable bonds is 6. The molecule has 0 spiro atoms. The van der Waals surface area contributed by atoms with Crippen molar-refractivity contribution in [1.82, 2.24) is 20.3 Å². The van der Waals surface area contributed by atoms with Crippen LogP contribution in [-0.4, -0.2) is 32.8 Å². The van der Waals surface area contributed by atoms with Crippen LogP contribution in [0.5, 0.6) is 0 Å².